The molecule has 1 rings (SSSR count). The van der Waals surface area contributed by atoms with Crippen LogP contribution in [0, 0.1) is 5.82 Å². The third-order valence-corrected chi connectivity index (χ3v) is 2.30. The topological polar surface area (TPSA) is 35.2 Å². The SMILES string of the molecule is COc1cc(F)ccc1[C@H](N)C(F)(F)C(F)(F)F.Cl. The largest absolute Gasteiger partial charge is 0.496 e. The van der Waals surface area contributed by atoms with E-state index in [1.165, 1.54) is 0 Å². The summed E-state index contributed by atoms with van der Waals surface area (Å²) in [5.41, 5.74) is 4.29. The normalized spacial score (nSPS) is 13.7. The molecule has 0 amide bonds. The Morgan fingerprint density at radius 1 is 1.16 bits per heavy atom. The summed E-state index contributed by atoms with van der Waals surface area (Å²) in [6.45, 7) is 0. The van der Waals surface area contributed by atoms with E-state index in [1.54, 1.807) is 0 Å². The molecule has 19 heavy (non-hydrogen) atoms. The van der Waals surface area contributed by atoms with Crippen LogP contribution >= 0.6 is 12.4 Å². The van der Waals surface area contributed by atoms with E-state index < -0.39 is 35.3 Å². The number of methoxy groups -OCH3 is 1. The predicted octanol–water partition coefficient (Wildman–Crippen LogP) is 3.45. The summed E-state index contributed by atoms with van der Waals surface area (Å²) in [5.74, 6) is -6.44. The Balaban J connectivity index is 0.00000324. The summed E-state index contributed by atoms with van der Waals surface area (Å²) in [4.78, 5) is 0. The minimum Gasteiger partial charge on any atom is -0.496 e. The second-order valence-electron chi connectivity index (χ2n) is 3.48. The fourth-order valence-electron chi connectivity index (χ4n) is 1.31. The molecule has 1 aromatic carbocycles. The molecule has 0 saturated carbocycles. The molecule has 9 heteroatoms. The fourth-order valence-corrected chi connectivity index (χ4v) is 1.31. The second kappa shape index (κ2) is 5.87. The summed E-state index contributed by atoms with van der Waals surface area (Å²) in [7, 11) is 1.01. The van der Waals surface area contributed by atoms with E-state index in [9.17, 15) is 26.3 Å². The standard InChI is InChI=1S/C10H9F6NO.ClH/c1-18-7-4-5(11)2-3-6(7)8(17)9(12,13)10(14,15)16;/h2-4,8H,17H2,1H3;1H/t8-;/m0./s1. The number of benzene rings is 1. The van der Waals surface area contributed by atoms with Crippen molar-refractivity contribution in [3.8, 4) is 5.75 Å². The van der Waals surface area contributed by atoms with Gasteiger partial charge in [0, 0.05) is 11.6 Å². The van der Waals surface area contributed by atoms with Crippen LogP contribution in [0.3, 0.4) is 0 Å². The number of hydrogen-bond acceptors (Lipinski definition) is 2. The number of halogens is 7. The predicted molar refractivity (Wildman–Crippen MR) is 58.1 cm³/mol. The van der Waals surface area contributed by atoms with Crippen molar-refractivity contribution >= 4 is 12.4 Å². The molecule has 2 nitrogen and oxygen atoms in total. The van der Waals surface area contributed by atoms with Crippen LogP contribution in [0.4, 0.5) is 26.3 Å². The molecule has 0 fully saturated rings. The zero-order chi connectivity index (χ0) is 14.1. The summed E-state index contributed by atoms with van der Waals surface area (Å²) < 4.78 is 79.8. The molecule has 0 bridgehead atoms. The van der Waals surface area contributed by atoms with Crippen LogP contribution in [-0.4, -0.2) is 19.2 Å². The highest BCUT2D eigenvalue weighted by Crippen LogP contribution is 2.45. The molecule has 1 aromatic rings. The molecule has 0 unspecified atom stereocenters. The van der Waals surface area contributed by atoms with Gasteiger partial charge < -0.3 is 10.5 Å². The molecule has 0 radical (unpaired) electrons. The summed E-state index contributed by atoms with van der Waals surface area (Å²) in [5, 5.41) is 0. The Hall–Kier alpha value is -1.15. The molecule has 0 spiro atoms. The summed E-state index contributed by atoms with van der Waals surface area (Å²) in [6, 6.07) is -0.530. The van der Waals surface area contributed by atoms with Crippen LogP contribution in [0.5, 0.6) is 5.75 Å². The molecule has 0 saturated heterocycles. The molecule has 0 aliphatic heterocycles. The summed E-state index contributed by atoms with van der Waals surface area (Å²) in [6.07, 6.45) is -5.80. The van der Waals surface area contributed by atoms with Gasteiger partial charge in [0.15, 0.2) is 0 Å². The first-order valence-corrected chi connectivity index (χ1v) is 4.64. The van der Waals surface area contributed by atoms with Crippen molar-refractivity contribution in [3.63, 3.8) is 0 Å². The van der Waals surface area contributed by atoms with E-state index in [4.69, 9.17) is 5.73 Å². The number of alkyl halides is 5. The lowest BCUT2D eigenvalue weighted by Crippen LogP contribution is -2.45. The molecule has 0 aliphatic carbocycles. The first kappa shape index (κ1) is 17.9. The van der Waals surface area contributed by atoms with Gasteiger partial charge in [-0.25, -0.2) is 4.39 Å². The molecule has 0 aromatic heterocycles. The van der Waals surface area contributed by atoms with Crippen LogP contribution < -0.4 is 10.5 Å². The van der Waals surface area contributed by atoms with Crippen LogP contribution in [0.25, 0.3) is 0 Å². The highest BCUT2D eigenvalue weighted by Gasteiger charge is 2.62. The third-order valence-electron chi connectivity index (χ3n) is 2.30. The van der Waals surface area contributed by atoms with Crippen molar-refractivity contribution in [1.29, 1.82) is 0 Å². The molecule has 1 atom stereocenters. The second-order valence-corrected chi connectivity index (χ2v) is 3.48. The van der Waals surface area contributed by atoms with E-state index in [1.807, 2.05) is 0 Å². The molecule has 0 aliphatic rings. The molecular formula is C10H10ClF6NO. The lowest BCUT2D eigenvalue weighted by atomic mass is 10.00. The van der Waals surface area contributed by atoms with Crippen LogP contribution in [0.15, 0.2) is 18.2 Å². The van der Waals surface area contributed by atoms with Crippen LogP contribution in [0.1, 0.15) is 11.6 Å². The van der Waals surface area contributed by atoms with Gasteiger partial charge in [-0.05, 0) is 6.07 Å². The molecule has 0 heterocycles. The maximum Gasteiger partial charge on any atom is 0.455 e. The number of hydrogen-bond donors (Lipinski definition) is 1. The molecule has 2 N–H and O–H groups in total. The minimum absolute atomic E-state index is 0. The van der Waals surface area contributed by atoms with E-state index in [0.29, 0.717) is 6.07 Å². The van der Waals surface area contributed by atoms with E-state index in [0.717, 1.165) is 19.2 Å². The zero-order valence-corrected chi connectivity index (χ0v) is 10.3. The Bertz CT molecular complexity index is 437. The maximum absolute atomic E-state index is 13.0. The van der Waals surface area contributed by atoms with Gasteiger partial charge in [-0.15, -0.1) is 12.4 Å². The van der Waals surface area contributed by atoms with Crippen LogP contribution in [-0.2, 0) is 0 Å². The van der Waals surface area contributed by atoms with Crippen molar-refractivity contribution in [1.82, 2.24) is 0 Å². The monoisotopic (exact) mass is 309 g/mol. The average molecular weight is 310 g/mol. The van der Waals surface area contributed by atoms with Crippen molar-refractivity contribution < 1.29 is 31.1 Å². The van der Waals surface area contributed by atoms with Gasteiger partial charge in [0.05, 0.1) is 7.11 Å². The van der Waals surface area contributed by atoms with Gasteiger partial charge >= 0.3 is 12.1 Å². The van der Waals surface area contributed by atoms with Gasteiger partial charge in [-0.3, -0.25) is 0 Å². The number of nitrogens with two attached hydrogens (primary N) is 1. The summed E-state index contributed by atoms with van der Waals surface area (Å²) >= 11 is 0. The minimum atomic E-state index is -5.80. The molecular weight excluding hydrogens is 300 g/mol. The van der Waals surface area contributed by atoms with Gasteiger partial charge in [0.2, 0.25) is 0 Å². The average Bonchev–Trinajstić information content (AvgIpc) is 2.26. The highest BCUT2D eigenvalue weighted by molar-refractivity contribution is 5.85. The maximum atomic E-state index is 13.0. The highest BCUT2D eigenvalue weighted by atomic mass is 35.5. The van der Waals surface area contributed by atoms with Gasteiger partial charge in [-0.1, -0.05) is 6.07 Å². The Labute approximate surface area is 110 Å². The van der Waals surface area contributed by atoms with Gasteiger partial charge in [-0.2, -0.15) is 22.0 Å². The Morgan fingerprint density at radius 2 is 1.68 bits per heavy atom. The van der Waals surface area contributed by atoms with Crippen LogP contribution in [0.2, 0.25) is 0 Å². The van der Waals surface area contributed by atoms with Gasteiger partial charge in [0.1, 0.15) is 17.6 Å². The van der Waals surface area contributed by atoms with E-state index in [-0.39, 0.29) is 12.4 Å². The van der Waals surface area contributed by atoms with Crippen molar-refractivity contribution in [3.05, 3.63) is 29.6 Å². The lowest BCUT2D eigenvalue weighted by Gasteiger charge is -2.26. The first-order chi connectivity index (χ1) is 8.11. The van der Waals surface area contributed by atoms with Crippen molar-refractivity contribution in [2.45, 2.75) is 18.1 Å². The lowest BCUT2D eigenvalue weighted by molar-refractivity contribution is -0.291. The zero-order valence-electron chi connectivity index (χ0n) is 9.47. The fraction of sp³-hybridized carbons (Fsp3) is 0.400. The van der Waals surface area contributed by atoms with Gasteiger partial charge in [0.25, 0.3) is 0 Å². The smallest absolute Gasteiger partial charge is 0.455 e. The Kier molecular flexibility index (Phi) is 5.52. The number of ether oxygens (including phenoxy) is 1. The first-order valence-electron chi connectivity index (χ1n) is 4.64. The van der Waals surface area contributed by atoms with Crippen molar-refractivity contribution in [2.24, 2.45) is 5.73 Å². The number of rotatable bonds is 3. The van der Waals surface area contributed by atoms with Crippen molar-refractivity contribution in [2.75, 3.05) is 7.11 Å². The Morgan fingerprint density at radius 3 is 2.11 bits per heavy atom. The van der Waals surface area contributed by atoms with E-state index in [2.05, 4.69) is 4.74 Å². The van der Waals surface area contributed by atoms with E-state index >= 15 is 0 Å². The molecule has 110 valence electrons. The quantitative estimate of drug-likeness (QED) is 0.868. The third kappa shape index (κ3) is 3.44.